The van der Waals surface area contributed by atoms with Crippen molar-refractivity contribution >= 4 is 23.2 Å². The number of hydrogen-bond donors (Lipinski definition) is 1. The van der Waals surface area contributed by atoms with Gasteiger partial charge in [0.2, 0.25) is 5.91 Å². The zero-order valence-electron chi connectivity index (χ0n) is 14.4. The van der Waals surface area contributed by atoms with Crippen LogP contribution in [0.5, 0.6) is 0 Å². The number of rotatable bonds is 4. The molecule has 0 aromatic heterocycles. The lowest BCUT2D eigenvalue weighted by molar-refractivity contribution is -0.119. The molecule has 25 heavy (non-hydrogen) atoms. The van der Waals surface area contributed by atoms with Crippen LogP contribution in [-0.2, 0) is 11.2 Å². The predicted molar refractivity (Wildman–Crippen MR) is 96.3 cm³/mol. The maximum absolute atomic E-state index is 13.0. The molecule has 0 aliphatic carbocycles. The maximum Gasteiger partial charge on any atom is 0.255 e. The molecule has 130 valence electrons. The first-order chi connectivity index (χ1) is 11.9. The molecule has 0 unspecified atom stereocenters. The van der Waals surface area contributed by atoms with E-state index in [2.05, 4.69) is 19.2 Å². The standard InChI is InChI=1S/C20H21FN2O2/c1-13(2)12-23-18-9-8-17(11-15(18)5-10-19(23)24)22-20(25)14-3-6-16(21)7-4-14/h3-4,6-9,11,13H,5,10,12H2,1-2H3,(H,22,25). The van der Waals surface area contributed by atoms with Crippen LogP contribution in [0.3, 0.4) is 0 Å². The summed E-state index contributed by atoms with van der Waals surface area (Å²) >= 11 is 0. The van der Waals surface area contributed by atoms with E-state index in [0.717, 1.165) is 11.3 Å². The van der Waals surface area contributed by atoms with Gasteiger partial charge in [-0.1, -0.05) is 13.8 Å². The Balaban J connectivity index is 1.80. The normalized spacial score (nSPS) is 13.8. The Morgan fingerprint density at radius 3 is 2.56 bits per heavy atom. The highest BCUT2D eigenvalue weighted by atomic mass is 19.1. The summed E-state index contributed by atoms with van der Waals surface area (Å²) in [5.74, 6) is -0.136. The third-order valence-electron chi connectivity index (χ3n) is 4.19. The molecule has 1 aliphatic rings. The van der Waals surface area contributed by atoms with Crippen LogP contribution in [0.15, 0.2) is 42.5 Å². The van der Waals surface area contributed by atoms with Gasteiger partial charge >= 0.3 is 0 Å². The smallest absolute Gasteiger partial charge is 0.255 e. The van der Waals surface area contributed by atoms with Gasteiger partial charge in [0, 0.05) is 29.9 Å². The molecule has 1 aliphatic heterocycles. The summed E-state index contributed by atoms with van der Waals surface area (Å²) < 4.78 is 13.0. The zero-order chi connectivity index (χ0) is 18.0. The molecule has 0 radical (unpaired) electrons. The number of amides is 2. The highest BCUT2D eigenvalue weighted by molar-refractivity contribution is 6.04. The summed E-state index contributed by atoms with van der Waals surface area (Å²) in [6.07, 6.45) is 1.15. The van der Waals surface area contributed by atoms with E-state index >= 15 is 0 Å². The molecule has 0 bridgehead atoms. The van der Waals surface area contributed by atoms with Crippen LogP contribution in [0.4, 0.5) is 15.8 Å². The lowest BCUT2D eigenvalue weighted by atomic mass is 9.99. The Labute approximate surface area is 146 Å². The average Bonchev–Trinajstić information content (AvgIpc) is 2.57. The molecule has 2 amide bonds. The van der Waals surface area contributed by atoms with Crippen molar-refractivity contribution in [2.45, 2.75) is 26.7 Å². The first-order valence-corrected chi connectivity index (χ1v) is 8.44. The molecule has 0 saturated heterocycles. The molecule has 2 aromatic rings. The van der Waals surface area contributed by atoms with Gasteiger partial charge in [-0.05, 0) is 60.4 Å². The van der Waals surface area contributed by atoms with Gasteiger partial charge in [0.1, 0.15) is 5.82 Å². The number of anilines is 2. The van der Waals surface area contributed by atoms with Crippen LogP contribution < -0.4 is 10.2 Å². The molecule has 0 atom stereocenters. The number of aryl methyl sites for hydroxylation is 1. The van der Waals surface area contributed by atoms with Crippen molar-refractivity contribution in [1.29, 1.82) is 0 Å². The largest absolute Gasteiger partial charge is 0.322 e. The monoisotopic (exact) mass is 340 g/mol. The summed E-state index contributed by atoms with van der Waals surface area (Å²) in [4.78, 5) is 26.3. The number of halogens is 1. The number of carbonyl (C=O) groups is 2. The lowest BCUT2D eigenvalue weighted by Gasteiger charge is -2.31. The van der Waals surface area contributed by atoms with Crippen LogP contribution in [0.1, 0.15) is 36.2 Å². The minimum atomic E-state index is -0.375. The summed E-state index contributed by atoms with van der Waals surface area (Å²) in [6, 6.07) is 11.0. The van der Waals surface area contributed by atoms with E-state index in [1.807, 2.05) is 17.0 Å². The molecule has 1 heterocycles. The maximum atomic E-state index is 13.0. The molecule has 0 saturated carbocycles. The Bertz CT molecular complexity index is 800. The van der Waals surface area contributed by atoms with Crippen molar-refractivity contribution in [3.63, 3.8) is 0 Å². The van der Waals surface area contributed by atoms with E-state index in [9.17, 15) is 14.0 Å². The van der Waals surface area contributed by atoms with Crippen LogP contribution >= 0.6 is 0 Å². The van der Waals surface area contributed by atoms with E-state index in [4.69, 9.17) is 0 Å². The summed E-state index contributed by atoms with van der Waals surface area (Å²) in [5.41, 5.74) is 3.05. The number of nitrogens with zero attached hydrogens (tertiary/aromatic N) is 1. The Morgan fingerprint density at radius 1 is 1.16 bits per heavy atom. The van der Waals surface area contributed by atoms with E-state index in [0.29, 0.717) is 36.6 Å². The van der Waals surface area contributed by atoms with Crippen molar-refractivity contribution in [1.82, 2.24) is 0 Å². The lowest BCUT2D eigenvalue weighted by Crippen LogP contribution is -2.37. The zero-order valence-corrected chi connectivity index (χ0v) is 14.4. The SMILES string of the molecule is CC(C)CN1C(=O)CCc2cc(NC(=O)c3ccc(F)cc3)ccc21. The third kappa shape index (κ3) is 3.87. The summed E-state index contributed by atoms with van der Waals surface area (Å²) in [7, 11) is 0. The third-order valence-corrected chi connectivity index (χ3v) is 4.19. The van der Waals surface area contributed by atoms with Gasteiger partial charge in [-0.2, -0.15) is 0 Å². The van der Waals surface area contributed by atoms with E-state index in [1.165, 1.54) is 24.3 Å². The highest BCUT2D eigenvalue weighted by Crippen LogP contribution is 2.31. The fraction of sp³-hybridized carbons (Fsp3) is 0.300. The van der Waals surface area contributed by atoms with Crippen molar-refractivity contribution in [3.8, 4) is 0 Å². The number of fused-ring (bicyclic) bond motifs is 1. The Hall–Kier alpha value is -2.69. The first kappa shape index (κ1) is 17.1. The van der Waals surface area contributed by atoms with Crippen molar-refractivity contribution < 1.29 is 14.0 Å². The Kier molecular flexibility index (Phi) is 4.83. The molecule has 4 nitrogen and oxygen atoms in total. The van der Waals surface area contributed by atoms with Gasteiger partial charge in [-0.15, -0.1) is 0 Å². The first-order valence-electron chi connectivity index (χ1n) is 8.44. The van der Waals surface area contributed by atoms with Crippen molar-refractivity contribution in [3.05, 3.63) is 59.4 Å². The molecular weight excluding hydrogens is 319 g/mol. The van der Waals surface area contributed by atoms with Gasteiger partial charge in [0.25, 0.3) is 5.91 Å². The molecule has 3 rings (SSSR count). The molecular formula is C20H21FN2O2. The van der Waals surface area contributed by atoms with Gasteiger partial charge in [-0.25, -0.2) is 4.39 Å². The molecule has 0 spiro atoms. The van der Waals surface area contributed by atoms with Crippen LogP contribution in [-0.4, -0.2) is 18.4 Å². The summed E-state index contributed by atoms with van der Waals surface area (Å²) in [5, 5.41) is 2.83. The predicted octanol–water partition coefficient (Wildman–Crippen LogP) is 4.01. The van der Waals surface area contributed by atoms with Crippen LogP contribution in [0, 0.1) is 11.7 Å². The van der Waals surface area contributed by atoms with Crippen molar-refractivity contribution in [2.24, 2.45) is 5.92 Å². The van der Waals surface area contributed by atoms with Crippen molar-refractivity contribution in [2.75, 3.05) is 16.8 Å². The number of hydrogen-bond acceptors (Lipinski definition) is 2. The molecule has 0 fully saturated rings. The minimum Gasteiger partial charge on any atom is -0.322 e. The molecule has 1 N–H and O–H groups in total. The second-order valence-corrected chi connectivity index (χ2v) is 6.70. The molecule has 2 aromatic carbocycles. The second kappa shape index (κ2) is 7.05. The Morgan fingerprint density at radius 2 is 1.88 bits per heavy atom. The second-order valence-electron chi connectivity index (χ2n) is 6.70. The quantitative estimate of drug-likeness (QED) is 0.914. The van der Waals surface area contributed by atoms with E-state index in [1.54, 1.807) is 6.07 Å². The van der Waals surface area contributed by atoms with Gasteiger partial charge in [0.15, 0.2) is 0 Å². The highest BCUT2D eigenvalue weighted by Gasteiger charge is 2.24. The van der Waals surface area contributed by atoms with E-state index in [-0.39, 0.29) is 17.6 Å². The number of nitrogens with one attached hydrogen (secondary N) is 1. The molecule has 5 heteroatoms. The van der Waals surface area contributed by atoms with Crippen LogP contribution in [0.25, 0.3) is 0 Å². The number of benzene rings is 2. The summed E-state index contributed by atoms with van der Waals surface area (Å²) in [6.45, 7) is 4.85. The van der Waals surface area contributed by atoms with E-state index < -0.39 is 0 Å². The average molecular weight is 340 g/mol. The van der Waals surface area contributed by atoms with Crippen LogP contribution in [0.2, 0.25) is 0 Å². The van der Waals surface area contributed by atoms with Gasteiger partial charge in [0.05, 0.1) is 0 Å². The fourth-order valence-electron chi connectivity index (χ4n) is 3.01. The topological polar surface area (TPSA) is 49.4 Å². The number of carbonyl (C=O) groups excluding carboxylic acids is 2. The fourth-order valence-corrected chi connectivity index (χ4v) is 3.01. The van der Waals surface area contributed by atoms with Gasteiger partial charge in [-0.3, -0.25) is 9.59 Å². The minimum absolute atomic E-state index is 0.143. The van der Waals surface area contributed by atoms with Gasteiger partial charge < -0.3 is 10.2 Å².